The number of urea groups is 1. The molecule has 2 atom stereocenters. The normalized spacial score (nSPS) is 18.7. The van der Waals surface area contributed by atoms with Gasteiger partial charge in [0.25, 0.3) is 0 Å². The molecule has 2 aliphatic heterocycles. The number of hydrogen-bond donors (Lipinski definition) is 2. The lowest BCUT2D eigenvalue weighted by Crippen LogP contribution is -2.50. The summed E-state index contributed by atoms with van der Waals surface area (Å²) in [6.45, 7) is 2.04. The lowest BCUT2D eigenvalue weighted by molar-refractivity contribution is -0.136. The quantitative estimate of drug-likeness (QED) is 0.169. The highest BCUT2D eigenvalue weighted by atomic mass is 16.2. The molecule has 2 saturated heterocycles. The summed E-state index contributed by atoms with van der Waals surface area (Å²) in [5, 5.41) is 2.32. The lowest BCUT2D eigenvalue weighted by atomic mass is 9.96. The van der Waals surface area contributed by atoms with Crippen LogP contribution in [0.3, 0.4) is 0 Å². The van der Waals surface area contributed by atoms with E-state index < -0.39 is 6.04 Å². The zero-order valence-electron chi connectivity index (χ0n) is 24.3. The molecule has 2 aliphatic rings. The highest BCUT2D eigenvalue weighted by molar-refractivity contribution is 5.90. The predicted octanol–water partition coefficient (Wildman–Crippen LogP) is 4.89. The van der Waals surface area contributed by atoms with Crippen LogP contribution in [0.5, 0.6) is 0 Å². The first kappa shape index (κ1) is 28.3. The van der Waals surface area contributed by atoms with Crippen molar-refractivity contribution in [1.82, 2.24) is 14.7 Å². The monoisotopic (exact) mass is 574 g/mol. The molecule has 0 aliphatic carbocycles. The van der Waals surface area contributed by atoms with Crippen LogP contribution >= 0.6 is 0 Å². The van der Waals surface area contributed by atoms with Crippen molar-refractivity contribution >= 4 is 28.7 Å². The van der Waals surface area contributed by atoms with Crippen molar-refractivity contribution in [3.8, 4) is 0 Å². The maximum absolute atomic E-state index is 14.6. The van der Waals surface area contributed by atoms with Gasteiger partial charge in [0, 0.05) is 26.2 Å². The number of aliphatic imine (C=N–C) groups is 1. The number of carbonyl (C=O) groups is 2. The summed E-state index contributed by atoms with van der Waals surface area (Å²) in [6.07, 6.45) is 1.77. The Morgan fingerprint density at radius 3 is 2.16 bits per heavy atom. The second kappa shape index (κ2) is 12.6. The first-order chi connectivity index (χ1) is 21.0. The Kier molecular flexibility index (Phi) is 8.27. The van der Waals surface area contributed by atoms with Crippen molar-refractivity contribution in [3.05, 3.63) is 120 Å². The van der Waals surface area contributed by atoms with Gasteiger partial charge < -0.3 is 26.2 Å². The van der Waals surface area contributed by atoms with Gasteiger partial charge in [0.05, 0.1) is 12.1 Å². The summed E-state index contributed by atoms with van der Waals surface area (Å²) in [7, 11) is 0. The zero-order valence-corrected chi connectivity index (χ0v) is 24.3. The number of amides is 3. The molecule has 2 fully saturated rings. The van der Waals surface area contributed by atoms with Crippen LogP contribution in [-0.2, 0) is 11.3 Å². The number of fused-ring (bicyclic) bond motifs is 2. The number of nitrogens with two attached hydrogens (primary N) is 2. The zero-order chi connectivity index (χ0) is 29.8. The van der Waals surface area contributed by atoms with E-state index in [1.54, 1.807) is 0 Å². The molecule has 2 unspecified atom stereocenters. The van der Waals surface area contributed by atoms with E-state index in [0.717, 1.165) is 22.1 Å². The molecule has 0 saturated carbocycles. The van der Waals surface area contributed by atoms with Crippen molar-refractivity contribution in [3.63, 3.8) is 0 Å². The summed E-state index contributed by atoms with van der Waals surface area (Å²) in [6, 6.07) is 33.8. The Morgan fingerprint density at radius 2 is 1.49 bits per heavy atom. The fraction of sp³-hybridized carbons (Fsp3) is 0.286. The van der Waals surface area contributed by atoms with Gasteiger partial charge in [-0.15, -0.1) is 0 Å². The van der Waals surface area contributed by atoms with Crippen molar-refractivity contribution in [2.24, 2.45) is 16.5 Å². The number of nitrogens with zero attached hydrogens (tertiary/aromatic N) is 4. The van der Waals surface area contributed by atoms with Gasteiger partial charge in [0.2, 0.25) is 5.91 Å². The molecule has 6 rings (SSSR count). The van der Waals surface area contributed by atoms with Crippen LogP contribution in [0, 0.1) is 0 Å². The molecule has 2 heterocycles. The second-order valence-electron chi connectivity index (χ2n) is 11.4. The van der Waals surface area contributed by atoms with Gasteiger partial charge in [-0.3, -0.25) is 9.79 Å². The van der Waals surface area contributed by atoms with Gasteiger partial charge in [-0.05, 0) is 52.8 Å². The molecule has 8 nitrogen and oxygen atoms in total. The molecule has 0 radical (unpaired) electrons. The summed E-state index contributed by atoms with van der Waals surface area (Å²) < 4.78 is 0. The van der Waals surface area contributed by atoms with E-state index in [2.05, 4.69) is 59.6 Å². The topological polar surface area (TPSA) is 108 Å². The number of guanidine groups is 1. The minimum atomic E-state index is -0.606. The molecular weight excluding hydrogens is 536 g/mol. The summed E-state index contributed by atoms with van der Waals surface area (Å²) in [5.41, 5.74) is 14.3. The number of carbonyl (C=O) groups excluding carboxylic acids is 2. The minimum absolute atomic E-state index is 0.0266. The third-order valence-corrected chi connectivity index (χ3v) is 8.58. The SMILES string of the molecule is NC(N)=NCCCC1C(=O)N(C(c2ccccc2)c2ccccc2)CCC2CN(Cc3ccc4ccccc4c3)C(=O)N21. The van der Waals surface area contributed by atoms with Crippen LogP contribution in [0.25, 0.3) is 10.8 Å². The smallest absolute Gasteiger partial charge is 0.321 e. The van der Waals surface area contributed by atoms with Crippen molar-refractivity contribution in [2.45, 2.75) is 43.9 Å². The van der Waals surface area contributed by atoms with Gasteiger partial charge in [0.15, 0.2) is 5.96 Å². The summed E-state index contributed by atoms with van der Waals surface area (Å²) in [5.74, 6) is -0.00969. The first-order valence-corrected chi connectivity index (χ1v) is 15.0. The van der Waals surface area contributed by atoms with Crippen LogP contribution in [0.15, 0.2) is 108 Å². The average Bonchev–Trinajstić information content (AvgIpc) is 3.26. The van der Waals surface area contributed by atoms with Crippen LogP contribution < -0.4 is 11.5 Å². The van der Waals surface area contributed by atoms with Crippen LogP contribution in [0.2, 0.25) is 0 Å². The molecule has 0 aromatic heterocycles. The van der Waals surface area contributed by atoms with Gasteiger partial charge in [0.1, 0.15) is 6.04 Å². The minimum Gasteiger partial charge on any atom is -0.370 e. The summed E-state index contributed by atoms with van der Waals surface area (Å²) in [4.78, 5) is 38.5. The van der Waals surface area contributed by atoms with Crippen molar-refractivity contribution in [1.29, 1.82) is 0 Å². The Morgan fingerprint density at radius 1 is 0.837 bits per heavy atom. The highest BCUT2D eigenvalue weighted by Gasteiger charge is 2.48. The highest BCUT2D eigenvalue weighted by Crippen LogP contribution is 2.36. The van der Waals surface area contributed by atoms with Gasteiger partial charge >= 0.3 is 6.03 Å². The maximum atomic E-state index is 14.6. The lowest BCUT2D eigenvalue weighted by Gasteiger charge is -2.35. The molecule has 4 N–H and O–H groups in total. The number of hydrogen-bond acceptors (Lipinski definition) is 3. The van der Waals surface area contributed by atoms with Gasteiger partial charge in [-0.2, -0.15) is 0 Å². The van der Waals surface area contributed by atoms with E-state index >= 15 is 0 Å². The fourth-order valence-corrected chi connectivity index (χ4v) is 6.59. The number of benzene rings is 4. The molecule has 43 heavy (non-hydrogen) atoms. The van der Waals surface area contributed by atoms with Gasteiger partial charge in [-0.25, -0.2) is 4.79 Å². The van der Waals surface area contributed by atoms with E-state index in [4.69, 9.17) is 11.5 Å². The molecule has 0 bridgehead atoms. The second-order valence-corrected chi connectivity index (χ2v) is 11.4. The molecule has 0 spiro atoms. The van der Waals surface area contributed by atoms with E-state index in [1.807, 2.05) is 63.2 Å². The van der Waals surface area contributed by atoms with E-state index in [-0.39, 0.29) is 30.0 Å². The maximum Gasteiger partial charge on any atom is 0.321 e. The Hall–Kier alpha value is -4.85. The average molecular weight is 575 g/mol. The molecule has 3 amide bonds. The largest absolute Gasteiger partial charge is 0.370 e. The van der Waals surface area contributed by atoms with E-state index in [9.17, 15) is 9.59 Å². The Balaban J connectivity index is 1.30. The molecule has 220 valence electrons. The van der Waals surface area contributed by atoms with Crippen molar-refractivity contribution in [2.75, 3.05) is 19.6 Å². The van der Waals surface area contributed by atoms with E-state index in [0.29, 0.717) is 45.4 Å². The standard InChI is InChI=1S/C35H38N6O2/c36-34(37)38-20-9-16-31-33(42)40(32(27-11-3-1-4-12-27)28-13-5-2-6-14-28)21-19-30-24-39(35(43)41(30)31)23-25-17-18-26-10-7-8-15-29(26)22-25/h1-8,10-15,17-18,22,30-32H,9,16,19-21,23-24H2,(H4,36,37,38). The molecule has 8 heteroatoms. The van der Waals surface area contributed by atoms with Gasteiger partial charge in [-0.1, -0.05) is 97.1 Å². The Labute approximate surface area is 252 Å². The third-order valence-electron chi connectivity index (χ3n) is 8.58. The first-order valence-electron chi connectivity index (χ1n) is 15.0. The number of rotatable bonds is 9. The summed E-state index contributed by atoms with van der Waals surface area (Å²) >= 11 is 0. The van der Waals surface area contributed by atoms with Crippen LogP contribution in [0.4, 0.5) is 4.79 Å². The van der Waals surface area contributed by atoms with E-state index in [1.165, 1.54) is 5.39 Å². The van der Waals surface area contributed by atoms with Crippen LogP contribution in [0.1, 0.15) is 42.0 Å². The molecule has 4 aromatic rings. The molecular formula is C35H38N6O2. The van der Waals surface area contributed by atoms with Crippen molar-refractivity contribution < 1.29 is 9.59 Å². The van der Waals surface area contributed by atoms with Crippen LogP contribution in [-0.4, -0.2) is 64.3 Å². The fourth-order valence-electron chi connectivity index (χ4n) is 6.59. The third kappa shape index (κ3) is 6.04. The Bertz CT molecular complexity index is 1570. The molecule has 4 aromatic carbocycles. The predicted molar refractivity (Wildman–Crippen MR) is 170 cm³/mol.